The fourth-order valence-corrected chi connectivity index (χ4v) is 1.74. The Hall–Kier alpha value is -1.63. The average molecular weight is 293 g/mol. The molecule has 0 aliphatic rings. The van der Waals surface area contributed by atoms with Gasteiger partial charge in [0.15, 0.2) is 0 Å². The normalized spacial score (nSPS) is 13.1. The molecule has 0 radical (unpaired) electrons. The molecule has 0 aliphatic carbocycles. The summed E-state index contributed by atoms with van der Waals surface area (Å²) in [6, 6.07) is 1.76. The Labute approximate surface area is 113 Å². The highest BCUT2D eigenvalue weighted by Gasteiger charge is 2.31. The van der Waals surface area contributed by atoms with Crippen molar-refractivity contribution in [2.75, 3.05) is 7.11 Å². The molecule has 0 heterocycles. The second kappa shape index (κ2) is 6.69. The van der Waals surface area contributed by atoms with Crippen LogP contribution < -0.4 is 5.73 Å². The van der Waals surface area contributed by atoms with E-state index in [1.807, 2.05) is 0 Å². The van der Waals surface area contributed by atoms with E-state index in [-0.39, 0.29) is 24.8 Å². The Kier molecular flexibility index (Phi) is 5.50. The number of carbonyl (C=O) groups is 1. The van der Waals surface area contributed by atoms with E-state index < -0.39 is 29.6 Å². The summed E-state index contributed by atoms with van der Waals surface area (Å²) < 4.78 is 55.2. The van der Waals surface area contributed by atoms with Crippen LogP contribution >= 0.6 is 0 Å². The number of nitrogens with two attached hydrogens (primary N) is 1. The first kappa shape index (κ1) is 16.4. The van der Waals surface area contributed by atoms with E-state index in [4.69, 9.17) is 5.73 Å². The topological polar surface area (TPSA) is 52.3 Å². The van der Waals surface area contributed by atoms with Gasteiger partial charge in [-0.2, -0.15) is 13.2 Å². The number of hydrogen-bond donors (Lipinski definition) is 1. The lowest BCUT2D eigenvalue weighted by Gasteiger charge is -2.13. The lowest BCUT2D eigenvalue weighted by atomic mass is 10.0. The van der Waals surface area contributed by atoms with Crippen molar-refractivity contribution in [3.63, 3.8) is 0 Å². The quantitative estimate of drug-likeness (QED) is 0.671. The second-order valence-corrected chi connectivity index (χ2v) is 4.42. The molecule has 0 saturated carbocycles. The van der Waals surface area contributed by atoms with Crippen molar-refractivity contribution < 1.29 is 27.1 Å². The third-order valence-corrected chi connectivity index (χ3v) is 2.73. The molecule has 0 aromatic heterocycles. The van der Waals surface area contributed by atoms with Gasteiger partial charge in [0.2, 0.25) is 0 Å². The van der Waals surface area contributed by atoms with Crippen LogP contribution in [0.15, 0.2) is 18.2 Å². The zero-order chi connectivity index (χ0) is 15.3. The summed E-state index contributed by atoms with van der Waals surface area (Å²) in [6.07, 6.45) is -4.23. The third kappa shape index (κ3) is 5.16. The largest absolute Gasteiger partial charge is 0.469 e. The van der Waals surface area contributed by atoms with Gasteiger partial charge in [0.1, 0.15) is 5.82 Å². The zero-order valence-electron chi connectivity index (χ0n) is 10.8. The van der Waals surface area contributed by atoms with E-state index in [0.29, 0.717) is 6.07 Å². The van der Waals surface area contributed by atoms with E-state index in [1.165, 1.54) is 7.11 Å². The Morgan fingerprint density at radius 2 is 2.00 bits per heavy atom. The van der Waals surface area contributed by atoms with Gasteiger partial charge in [-0.3, -0.25) is 4.79 Å². The average Bonchev–Trinajstić information content (AvgIpc) is 2.34. The molecule has 7 heteroatoms. The standard InChI is InChI=1S/C13H15F4NO2/c1-20-12(19)3-2-11(18)6-8-4-9(13(15,16)17)7-10(14)5-8/h4-5,7,11H,2-3,6,18H2,1H3. The highest BCUT2D eigenvalue weighted by Crippen LogP contribution is 2.30. The van der Waals surface area contributed by atoms with Crippen molar-refractivity contribution >= 4 is 5.97 Å². The molecule has 0 saturated heterocycles. The molecule has 0 amide bonds. The van der Waals surface area contributed by atoms with Crippen molar-refractivity contribution in [2.45, 2.75) is 31.5 Å². The van der Waals surface area contributed by atoms with Crippen molar-refractivity contribution in [3.05, 3.63) is 35.1 Å². The Morgan fingerprint density at radius 3 is 2.55 bits per heavy atom. The van der Waals surface area contributed by atoms with Crippen molar-refractivity contribution in [2.24, 2.45) is 5.73 Å². The highest BCUT2D eigenvalue weighted by molar-refractivity contribution is 5.69. The van der Waals surface area contributed by atoms with Crippen LogP contribution in [0, 0.1) is 5.82 Å². The first-order valence-corrected chi connectivity index (χ1v) is 5.91. The molecule has 20 heavy (non-hydrogen) atoms. The van der Waals surface area contributed by atoms with Gasteiger partial charge in [-0.15, -0.1) is 0 Å². The number of ether oxygens (including phenoxy) is 1. The van der Waals surface area contributed by atoms with Crippen LogP contribution in [0.25, 0.3) is 0 Å². The van der Waals surface area contributed by atoms with Gasteiger partial charge in [0.25, 0.3) is 0 Å². The fraction of sp³-hybridized carbons (Fsp3) is 0.462. The zero-order valence-corrected chi connectivity index (χ0v) is 10.8. The van der Waals surface area contributed by atoms with E-state index in [0.717, 1.165) is 12.1 Å². The summed E-state index contributed by atoms with van der Waals surface area (Å²) >= 11 is 0. The molecule has 1 aromatic carbocycles. The number of rotatable bonds is 5. The van der Waals surface area contributed by atoms with Crippen molar-refractivity contribution in [3.8, 4) is 0 Å². The van der Waals surface area contributed by atoms with Crippen molar-refractivity contribution in [1.82, 2.24) is 0 Å². The van der Waals surface area contributed by atoms with E-state index in [2.05, 4.69) is 4.74 Å². The molecule has 1 atom stereocenters. The summed E-state index contributed by atoms with van der Waals surface area (Å²) in [5.74, 6) is -1.41. The maximum atomic E-state index is 13.2. The van der Waals surface area contributed by atoms with Crippen LogP contribution in [-0.4, -0.2) is 19.1 Å². The van der Waals surface area contributed by atoms with Gasteiger partial charge < -0.3 is 10.5 Å². The third-order valence-electron chi connectivity index (χ3n) is 2.73. The molecular formula is C13H15F4NO2. The molecule has 0 bridgehead atoms. The predicted octanol–water partition coefficient (Wildman–Crippen LogP) is 2.67. The first-order valence-electron chi connectivity index (χ1n) is 5.91. The number of carbonyl (C=O) groups excluding carboxylic acids is 1. The van der Waals surface area contributed by atoms with Gasteiger partial charge >= 0.3 is 12.1 Å². The van der Waals surface area contributed by atoms with Crippen LogP contribution in [0.4, 0.5) is 17.6 Å². The van der Waals surface area contributed by atoms with Crippen molar-refractivity contribution in [1.29, 1.82) is 0 Å². The number of hydrogen-bond acceptors (Lipinski definition) is 3. The Bertz CT molecular complexity index is 474. The predicted molar refractivity (Wildman–Crippen MR) is 64.3 cm³/mol. The molecule has 0 fully saturated rings. The number of benzene rings is 1. The van der Waals surface area contributed by atoms with E-state index in [1.54, 1.807) is 0 Å². The molecule has 1 unspecified atom stereocenters. The van der Waals surface area contributed by atoms with Gasteiger partial charge in [0.05, 0.1) is 12.7 Å². The summed E-state index contributed by atoms with van der Waals surface area (Å²) in [7, 11) is 1.23. The summed E-state index contributed by atoms with van der Waals surface area (Å²) in [5, 5.41) is 0. The van der Waals surface area contributed by atoms with Crippen LogP contribution in [0.2, 0.25) is 0 Å². The Balaban J connectivity index is 2.72. The smallest absolute Gasteiger partial charge is 0.416 e. The molecular weight excluding hydrogens is 278 g/mol. The summed E-state index contributed by atoms with van der Waals surface area (Å²) in [5.41, 5.74) is 4.81. The molecule has 112 valence electrons. The van der Waals surface area contributed by atoms with Crippen LogP contribution in [-0.2, 0) is 22.1 Å². The minimum absolute atomic E-state index is 0.0534. The maximum Gasteiger partial charge on any atom is 0.416 e. The minimum atomic E-state index is -4.60. The monoisotopic (exact) mass is 293 g/mol. The highest BCUT2D eigenvalue weighted by atomic mass is 19.4. The van der Waals surface area contributed by atoms with Crippen LogP contribution in [0.1, 0.15) is 24.0 Å². The molecule has 0 aliphatic heterocycles. The summed E-state index contributed by atoms with van der Waals surface area (Å²) in [4.78, 5) is 10.9. The first-order chi connectivity index (χ1) is 9.22. The summed E-state index contributed by atoms with van der Waals surface area (Å²) in [6.45, 7) is 0. The molecule has 0 spiro atoms. The lowest BCUT2D eigenvalue weighted by molar-refractivity contribution is -0.141. The fourth-order valence-electron chi connectivity index (χ4n) is 1.74. The number of halogens is 4. The number of methoxy groups -OCH3 is 1. The van der Waals surface area contributed by atoms with Gasteiger partial charge in [-0.1, -0.05) is 0 Å². The van der Waals surface area contributed by atoms with Gasteiger partial charge in [-0.05, 0) is 36.6 Å². The van der Waals surface area contributed by atoms with Crippen LogP contribution in [0.3, 0.4) is 0 Å². The van der Waals surface area contributed by atoms with Crippen LogP contribution in [0.5, 0.6) is 0 Å². The van der Waals surface area contributed by atoms with Gasteiger partial charge in [-0.25, -0.2) is 4.39 Å². The molecule has 1 rings (SSSR count). The van der Waals surface area contributed by atoms with E-state index >= 15 is 0 Å². The number of alkyl halides is 3. The minimum Gasteiger partial charge on any atom is -0.469 e. The maximum absolute atomic E-state index is 13.2. The number of esters is 1. The molecule has 2 N–H and O–H groups in total. The Morgan fingerprint density at radius 1 is 1.35 bits per heavy atom. The molecule has 1 aromatic rings. The lowest BCUT2D eigenvalue weighted by Crippen LogP contribution is -2.24. The van der Waals surface area contributed by atoms with E-state index in [9.17, 15) is 22.4 Å². The second-order valence-electron chi connectivity index (χ2n) is 4.42. The molecule has 3 nitrogen and oxygen atoms in total. The van der Waals surface area contributed by atoms with Gasteiger partial charge in [0, 0.05) is 12.5 Å². The SMILES string of the molecule is COC(=O)CCC(N)Cc1cc(F)cc(C(F)(F)F)c1.